The van der Waals surface area contributed by atoms with Gasteiger partial charge in [-0.05, 0) is 42.2 Å². The number of amides is 1. The highest BCUT2D eigenvalue weighted by Gasteiger charge is 2.41. The fourth-order valence-electron chi connectivity index (χ4n) is 4.20. The van der Waals surface area contributed by atoms with Gasteiger partial charge < -0.3 is 14.8 Å². The van der Waals surface area contributed by atoms with Crippen molar-refractivity contribution in [1.29, 1.82) is 0 Å². The molecule has 0 atom stereocenters. The van der Waals surface area contributed by atoms with Crippen LogP contribution in [0.1, 0.15) is 29.5 Å². The van der Waals surface area contributed by atoms with Gasteiger partial charge in [-0.25, -0.2) is 0 Å². The molecule has 0 aromatic heterocycles. The average molecular weight is 437 g/mol. The van der Waals surface area contributed by atoms with Crippen molar-refractivity contribution in [3.8, 4) is 5.75 Å². The molecule has 1 heterocycles. The Hall–Kier alpha value is -3.25. The van der Waals surface area contributed by atoms with Crippen molar-refractivity contribution >= 4 is 11.6 Å². The Morgan fingerprint density at radius 2 is 1.62 bits per heavy atom. The molecule has 1 aliphatic rings. The summed E-state index contributed by atoms with van der Waals surface area (Å²) in [5.74, 6) is -0.0223. The zero-order valence-corrected chi connectivity index (χ0v) is 17.6. The van der Waals surface area contributed by atoms with Crippen LogP contribution in [0.2, 0.25) is 0 Å². The molecular formula is C26H25F2NO3. The van der Waals surface area contributed by atoms with Crippen LogP contribution in [0.25, 0.3) is 0 Å². The summed E-state index contributed by atoms with van der Waals surface area (Å²) in [5.41, 5.74) is 2.33. The van der Waals surface area contributed by atoms with Crippen LogP contribution >= 0.6 is 0 Å². The van der Waals surface area contributed by atoms with E-state index in [4.69, 9.17) is 9.47 Å². The Morgan fingerprint density at radius 3 is 2.28 bits per heavy atom. The molecule has 1 aliphatic heterocycles. The minimum Gasteiger partial charge on any atom is -0.435 e. The van der Waals surface area contributed by atoms with E-state index in [1.165, 1.54) is 6.07 Å². The molecule has 0 aliphatic carbocycles. The van der Waals surface area contributed by atoms with Gasteiger partial charge in [0.2, 0.25) is 5.91 Å². The van der Waals surface area contributed by atoms with Gasteiger partial charge in [0.05, 0.1) is 5.41 Å². The Kier molecular flexibility index (Phi) is 6.81. The Bertz CT molecular complexity index is 1040. The smallest absolute Gasteiger partial charge is 0.387 e. The molecule has 32 heavy (non-hydrogen) atoms. The fraction of sp³-hybridized carbons (Fsp3) is 0.269. The molecular weight excluding hydrogens is 412 g/mol. The highest BCUT2D eigenvalue weighted by atomic mass is 19.3. The molecule has 0 bridgehead atoms. The van der Waals surface area contributed by atoms with Crippen LogP contribution in [-0.2, 0) is 21.4 Å². The van der Waals surface area contributed by atoms with Crippen LogP contribution in [0.4, 0.5) is 14.5 Å². The van der Waals surface area contributed by atoms with Gasteiger partial charge in [-0.2, -0.15) is 8.78 Å². The van der Waals surface area contributed by atoms with E-state index in [-0.39, 0.29) is 11.7 Å². The van der Waals surface area contributed by atoms with Crippen LogP contribution in [0, 0.1) is 0 Å². The summed E-state index contributed by atoms with van der Waals surface area (Å²) in [6, 6.07) is 24.0. The monoisotopic (exact) mass is 437 g/mol. The number of anilines is 1. The molecule has 0 spiro atoms. The van der Waals surface area contributed by atoms with Crippen molar-refractivity contribution in [2.75, 3.05) is 18.5 Å². The number of ether oxygens (including phenoxy) is 2. The van der Waals surface area contributed by atoms with Crippen molar-refractivity contribution in [2.24, 2.45) is 0 Å². The lowest BCUT2D eigenvalue weighted by atomic mass is 9.73. The predicted octanol–water partition coefficient (Wildman–Crippen LogP) is 5.57. The van der Waals surface area contributed by atoms with Crippen molar-refractivity contribution < 1.29 is 23.0 Å². The molecule has 0 unspecified atom stereocenters. The zero-order chi connectivity index (χ0) is 22.4. The Morgan fingerprint density at radius 1 is 0.969 bits per heavy atom. The molecule has 0 saturated carbocycles. The number of nitrogens with one attached hydrogen (secondary N) is 1. The highest BCUT2D eigenvalue weighted by molar-refractivity contribution is 5.99. The predicted molar refractivity (Wildman–Crippen MR) is 119 cm³/mol. The molecule has 0 radical (unpaired) electrons. The van der Waals surface area contributed by atoms with Gasteiger partial charge in [0.15, 0.2) is 0 Å². The van der Waals surface area contributed by atoms with Gasteiger partial charge in [0.1, 0.15) is 5.75 Å². The van der Waals surface area contributed by atoms with Gasteiger partial charge in [-0.15, -0.1) is 0 Å². The molecule has 1 fully saturated rings. The first-order valence-corrected chi connectivity index (χ1v) is 10.6. The standard InChI is InChI=1S/C26H25F2NO3/c27-25(28)32-23-12-11-22(18-20(23)17-19-7-3-1-4-8-19)29-24(30)26(13-15-31-16-14-26)21-9-5-2-6-10-21/h1-12,18,25H,13-17H2,(H,29,30). The summed E-state index contributed by atoms with van der Waals surface area (Å²) in [6.45, 7) is -1.92. The number of hydrogen-bond donors (Lipinski definition) is 1. The minimum atomic E-state index is -2.92. The maximum Gasteiger partial charge on any atom is 0.387 e. The fourth-order valence-corrected chi connectivity index (χ4v) is 4.20. The quantitative estimate of drug-likeness (QED) is 0.526. The average Bonchev–Trinajstić information content (AvgIpc) is 2.82. The Balaban J connectivity index is 1.62. The summed E-state index contributed by atoms with van der Waals surface area (Å²) < 4.78 is 36.1. The van der Waals surface area contributed by atoms with Crippen LogP contribution in [0.15, 0.2) is 78.9 Å². The molecule has 1 N–H and O–H groups in total. The number of hydrogen-bond acceptors (Lipinski definition) is 3. The molecule has 6 heteroatoms. The van der Waals surface area contributed by atoms with E-state index in [9.17, 15) is 13.6 Å². The molecule has 4 nitrogen and oxygen atoms in total. The third-order valence-corrected chi connectivity index (χ3v) is 5.88. The number of carbonyl (C=O) groups excluding carboxylic acids is 1. The number of benzene rings is 3. The molecule has 1 saturated heterocycles. The van der Waals surface area contributed by atoms with Gasteiger partial charge in [0, 0.05) is 30.9 Å². The third-order valence-electron chi connectivity index (χ3n) is 5.88. The van der Waals surface area contributed by atoms with E-state index in [0.29, 0.717) is 43.7 Å². The van der Waals surface area contributed by atoms with Gasteiger partial charge >= 0.3 is 6.61 Å². The lowest BCUT2D eigenvalue weighted by Crippen LogP contribution is -2.44. The van der Waals surface area contributed by atoms with Crippen molar-refractivity contribution in [1.82, 2.24) is 0 Å². The number of halogens is 2. The molecule has 3 aromatic rings. The molecule has 3 aromatic carbocycles. The molecule has 4 rings (SSSR count). The van der Waals surface area contributed by atoms with Crippen molar-refractivity contribution in [3.63, 3.8) is 0 Å². The van der Waals surface area contributed by atoms with Gasteiger partial charge in [-0.1, -0.05) is 60.7 Å². The first-order valence-electron chi connectivity index (χ1n) is 10.6. The number of carbonyl (C=O) groups is 1. The maximum absolute atomic E-state index is 13.5. The lowest BCUT2D eigenvalue weighted by molar-refractivity contribution is -0.125. The summed E-state index contributed by atoms with van der Waals surface area (Å²) >= 11 is 0. The first kappa shape index (κ1) is 22.0. The SMILES string of the molecule is O=C(Nc1ccc(OC(F)F)c(Cc2ccccc2)c1)C1(c2ccccc2)CCOCC1. The second-order valence-corrected chi connectivity index (χ2v) is 7.88. The molecule has 166 valence electrons. The number of rotatable bonds is 7. The van der Waals surface area contributed by atoms with Crippen LogP contribution < -0.4 is 10.1 Å². The van der Waals surface area contributed by atoms with Crippen LogP contribution in [-0.4, -0.2) is 25.7 Å². The van der Waals surface area contributed by atoms with E-state index in [1.54, 1.807) is 12.1 Å². The normalized spacial score (nSPS) is 15.3. The summed E-state index contributed by atoms with van der Waals surface area (Å²) in [5, 5.41) is 3.02. The summed E-state index contributed by atoms with van der Waals surface area (Å²) in [7, 11) is 0. The highest BCUT2D eigenvalue weighted by Crippen LogP contribution is 2.36. The second kappa shape index (κ2) is 9.92. The van der Waals surface area contributed by atoms with E-state index >= 15 is 0 Å². The third kappa shape index (κ3) is 4.97. The van der Waals surface area contributed by atoms with E-state index in [2.05, 4.69) is 5.32 Å². The molecule has 1 amide bonds. The largest absolute Gasteiger partial charge is 0.435 e. The van der Waals surface area contributed by atoms with Crippen molar-refractivity contribution in [3.05, 3.63) is 95.6 Å². The Labute approximate surface area is 186 Å². The second-order valence-electron chi connectivity index (χ2n) is 7.88. The topological polar surface area (TPSA) is 47.6 Å². The minimum absolute atomic E-state index is 0.102. The van der Waals surface area contributed by atoms with Gasteiger partial charge in [-0.3, -0.25) is 4.79 Å². The lowest BCUT2D eigenvalue weighted by Gasteiger charge is -2.36. The summed E-state index contributed by atoms with van der Waals surface area (Å²) in [6.07, 6.45) is 1.56. The van der Waals surface area contributed by atoms with Crippen LogP contribution in [0.5, 0.6) is 5.75 Å². The van der Waals surface area contributed by atoms with Gasteiger partial charge in [0.25, 0.3) is 0 Å². The first-order chi connectivity index (χ1) is 15.6. The van der Waals surface area contributed by atoms with E-state index in [1.807, 2.05) is 60.7 Å². The van der Waals surface area contributed by atoms with E-state index in [0.717, 1.165) is 11.1 Å². The van der Waals surface area contributed by atoms with E-state index < -0.39 is 12.0 Å². The van der Waals surface area contributed by atoms with Crippen molar-refractivity contribution in [2.45, 2.75) is 31.3 Å². The number of alkyl halides is 2. The van der Waals surface area contributed by atoms with Crippen LogP contribution in [0.3, 0.4) is 0 Å². The summed E-state index contributed by atoms with van der Waals surface area (Å²) in [4.78, 5) is 13.5. The maximum atomic E-state index is 13.5. The zero-order valence-electron chi connectivity index (χ0n) is 17.6.